The van der Waals surface area contributed by atoms with Gasteiger partial charge in [-0.2, -0.15) is 0 Å². The van der Waals surface area contributed by atoms with Gasteiger partial charge in [-0.1, -0.05) is 26.7 Å². The fourth-order valence-corrected chi connectivity index (χ4v) is 0.851. The van der Waals surface area contributed by atoms with Crippen LogP contribution in [0.4, 0.5) is 0 Å². The van der Waals surface area contributed by atoms with Gasteiger partial charge in [0, 0.05) is 6.42 Å². The van der Waals surface area contributed by atoms with Crippen molar-refractivity contribution >= 4 is 0 Å². The first-order chi connectivity index (χ1) is 5.81. The predicted molar refractivity (Wildman–Crippen MR) is 50.7 cm³/mol. The molecule has 0 rings (SSSR count). The summed E-state index contributed by atoms with van der Waals surface area (Å²) < 4.78 is 5.00. The summed E-state index contributed by atoms with van der Waals surface area (Å²) in [7, 11) is 0. The zero-order valence-corrected chi connectivity index (χ0v) is 8.12. The molecular formula is C10H20O2. The summed E-state index contributed by atoms with van der Waals surface area (Å²) in [5.74, 6) is 0. The van der Waals surface area contributed by atoms with E-state index in [2.05, 4.69) is 6.92 Å². The number of unbranched alkanes of at least 4 members (excludes halogenated alkanes) is 2. The van der Waals surface area contributed by atoms with Crippen LogP contribution >= 0.6 is 0 Å². The quantitative estimate of drug-likeness (QED) is 0.363. The Labute approximate surface area is 75.2 Å². The average Bonchev–Trinajstić information content (AvgIpc) is 2.05. The van der Waals surface area contributed by atoms with E-state index in [0.29, 0.717) is 6.42 Å². The van der Waals surface area contributed by atoms with Crippen LogP contribution in [0.1, 0.15) is 46.0 Å². The van der Waals surface area contributed by atoms with Gasteiger partial charge in [0.2, 0.25) is 0 Å². The first-order valence-corrected chi connectivity index (χ1v) is 4.79. The Balaban J connectivity index is 3.21. The molecular weight excluding hydrogens is 152 g/mol. The minimum absolute atomic E-state index is 0.618. The number of aliphatic hydroxyl groups is 1. The molecule has 0 bridgehead atoms. The summed E-state index contributed by atoms with van der Waals surface area (Å²) in [5, 5.41) is 9.13. The van der Waals surface area contributed by atoms with Gasteiger partial charge in [-0.3, -0.25) is 0 Å². The van der Waals surface area contributed by atoms with Gasteiger partial charge in [0.25, 0.3) is 0 Å². The normalized spacial score (nSPS) is 13.6. The number of allylic oxidation sites excluding steroid dienone is 1. The molecule has 0 saturated carbocycles. The van der Waals surface area contributed by atoms with Crippen molar-refractivity contribution in [3.05, 3.63) is 12.3 Å². The van der Waals surface area contributed by atoms with Gasteiger partial charge >= 0.3 is 0 Å². The van der Waals surface area contributed by atoms with Crippen molar-refractivity contribution in [3.8, 4) is 0 Å². The molecule has 72 valence electrons. The van der Waals surface area contributed by atoms with Crippen LogP contribution in [-0.2, 0) is 4.74 Å². The van der Waals surface area contributed by atoms with Crippen LogP contribution in [0.5, 0.6) is 0 Å². The molecule has 0 aromatic carbocycles. The summed E-state index contributed by atoms with van der Waals surface area (Å²) in [6.45, 7) is 4.17. The van der Waals surface area contributed by atoms with Crippen LogP contribution < -0.4 is 0 Å². The summed E-state index contributed by atoms with van der Waals surface area (Å²) in [5.41, 5.74) is 0. The minimum atomic E-state index is -0.618. The van der Waals surface area contributed by atoms with Crippen LogP contribution in [0.25, 0.3) is 0 Å². The van der Waals surface area contributed by atoms with Crippen LogP contribution in [-0.4, -0.2) is 11.4 Å². The van der Waals surface area contributed by atoms with Gasteiger partial charge in [-0.05, 0) is 18.9 Å². The average molecular weight is 172 g/mol. The lowest BCUT2D eigenvalue weighted by molar-refractivity contribution is -0.0564. The molecule has 0 radical (unpaired) electrons. The van der Waals surface area contributed by atoms with Crippen molar-refractivity contribution in [2.24, 2.45) is 0 Å². The molecule has 1 N–H and O–H groups in total. The molecule has 12 heavy (non-hydrogen) atoms. The molecule has 2 nitrogen and oxygen atoms in total. The van der Waals surface area contributed by atoms with Crippen molar-refractivity contribution in [2.75, 3.05) is 0 Å². The van der Waals surface area contributed by atoms with Gasteiger partial charge in [0.15, 0.2) is 6.29 Å². The second kappa shape index (κ2) is 8.60. The Morgan fingerprint density at radius 3 is 2.67 bits per heavy atom. The van der Waals surface area contributed by atoms with Gasteiger partial charge in [-0.25, -0.2) is 0 Å². The molecule has 0 fully saturated rings. The molecule has 0 spiro atoms. The van der Waals surface area contributed by atoms with Crippen molar-refractivity contribution in [1.82, 2.24) is 0 Å². The third-order valence-electron chi connectivity index (χ3n) is 1.59. The van der Waals surface area contributed by atoms with Gasteiger partial charge in [0.05, 0.1) is 6.26 Å². The Kier molecular flexibility index (Phi) is 8.24. The highest BCUT2D eigenvalue weighted by molar-refractivity contribution is 4.73. The van der Waals surface area contributed by atoms with Gasteiger partial charge in [-0.15, -0.1) is 0 Å². The second-order valence-corrected chi connectivity index (χ2v) is 2.89. The molecule has 1 unspecified atom stereocenters. The highest BCUT2D eigenvalue weighted by Gasteiger charge is 1.97. The predicted octanol–water partition coefficient (Wildman–Crippen LogP) is 2.83. The van der Waals surface area contributed by atoms with E-state index in [0.717, 1.165) is 12.8 Å². The molecule has 1 atom stereocenters. The molecule has 0 amide bonds. The highest BCUT2D eigenvalue weighted by atomic mass is 16.6. The van der Waals surface area contributed by atoms with E-state index in [9.17, 15) is 0 Å². The number of rotatable bonds is 7. The van der Waals surface area contributed by atoms with Crippen molar-refractivity contribution < 1.29 is 9.84 Å². The van der Waals surface area contributed by atoms with Gasteiger partial charge in [0.1, 0.15) is 0 Å². The Morgan fingerprint density at radius 1 is 1.33 bits per heavy atom. The molecule has 0 heterocycles. The number of hydrogen-bond acceptors (Lipinski definition) is 2. The molecule has 0 aliphatic heterocycles. The maximum atomic E-state index is 9.13. The lowest BCUT2D eigenvalue weighted by Crippen LogP contribution is -2.06. The fourth-order valence-electron chi connectivity index (χ4n) is 0.851. The van der Waals surface area contributed by atoms with E-state index in [1.807, 2.05) is 13.0 Å². The second-order valence-electron chi connectivity index (χ2n) is 2.89. The summed E-state index contributed by atoms with van der Waals surface area (Å²) in [6.07, 6.45) is 8.02. The molecule has 0 aromatic heterocycles. The maximum Gasteiger partial charge on any atom is 0.196 e. The Bertz CT molecular complexity index is 110. The number of hydrogen-bond donors (Lipinski definition) is 1. The van der Waals surface area contributed by atoms with Crippen molar-refractivity contribution in [3.63, 3.8) is 0 Å². The third-order valence-corrected chi connectivity index (χ3v) is 1.59. The van der Waals surface area contributed by atoms with E-state index < -0.39 is 6.29 Å². The first kappa shape index (κ1) is 11.5. The molecule has 0 aliphatic rings. The SMILES string of the molecule is CCCCC=COC(O)CCC. The summed E-state index contributed by atoms with van der Waals surface area (Å²) in [6, 6.07) is 0. The smallest absolute Gasteiger partial charge is 0.196 e. The van der Waals surface area contributed by atoms with Crippen molar-refractivity contribution in [2.45, 2.75) is 52.2 Å². The molecule has 0 saturated heterocycles. The van der Waals surface area contributed by atoms with E-state index >= 15 is 0 Å². The standard InChI is InChI=1S/C10H20O2/c1-3-5-6-7-9-12-10(11)8-4-2/h7,9-11H,3-6,8H2,1-2H3. The van der Waals surface area contributed by atoms with Crippen LogP contribution in [0, 0.1) is 0 Å². The lowest BCUT2D eigenvalue weighted by atomic mass is 10.2. The molecule has 2 heteroatoms. The number of aliphatic hydroxyl groups excluding tert-OH is 1. The summed E-state index contributed by atoms with van der Waals surface area (Å²) >= 11 is 0. The van der Waals surface area contributed by atoms with Crippen LogP contribution in [0.3, 0.4) is 0 Å². The van der Waals surface area contributed by atoms with E-state index in [4.69, 9.17) is 9.84 Å². The lowest BCUT2D eigenvalue weighted by Gasteiger charge is -2.07. The largest absolute Gasteiger partial charge is 0.473 e. The van der Waals surface area contributed by atoms with E-state index in [1.165, 1.54) is 12.8 Å². The van der Waals surface area contributed by atoms with Crippen molar-refractivity contribution in [1.29, 1.82) is 0 Å². The highest BCUT2D eigenvalue weighted by Crippen LogP contribution is 2.00. The maximum absolute atomic E-state index is 9.13. The van der Waals surface area contributed by atoms with Crippen LogP contribution in [0.15, 0.2) is 12.3 Å². The topological polar surface area (TPSA) is 29.5 Å². The Morgan fingerprint density at radius 2 is 2.08 bits per heavy atom. The summed E-state index contributed by atoms with van der Waals surface area (Å²) in [4.78, 5) is 0. The van der Waals surface area contributed by atoms with E-state index in [-0.39, 0.29) is 0 Å². The van der Waals surface area contributed by atoms with Gasteiger partial charge < -0.3 is 9.84 Å². The number of ether oxygens (including phenoxy) is 1. The molecule has 0 aliphatic carbocycles. The first-order valence-electron chi connectivity index (χ1n) is 4.79. The Hall–Kier alpha value is -0.500. The minimum Gasteiger partial charge on any atom is -0.473 e. The zero-order chi connectivity index (χ0) is 9.23. The van der Waals surface area contributed by atoms with E-state index in [1.54, 1.807) is 6.26 Å². The third kappa shape index (κ3) is 7.61. The van der Waals surface area contributed by atoms with Crippen LogP contribution in [0.2, 0.25) is 0 Å². The monoisotopic (exact) mass is 172 g/mol. The molecule has 0 aromatic rings. The fraction of sp³-hybridized carbons (Fsp3) is 0.800. The zero-order valence-electron chi connectivity index (χ0n) is 8.12.